The second-order valence-corrected chi connectivity index (χ2v) is 9.92. The molecule has 0 aromatic heterocycles. The van der Waals surface area contributed by atoms with Gasteiger partial charge >= 0.3 is 6.03 Å². The Morgan fingerprint density at radius 1 is 1.12 bits per heavy atom. The summed E-state index contributed by atoms with van der Waals surface area (Å²) >= 11 is 5.83. The summed E-state index contributed by atoms with van der Waals surface area (Å²) < 4.78 is 33.9. The van der Waals surface area contributed by atoms with Gasteiger partial charge in [-0.1, -0.05) is 29.3 Å². The molecule has 0 bridgehead atoms. The Morgan fingerprint density at radius 3 is 2.47 bits per heavy atom. The Labute approximate surface area is 193 Å². The van der Waals surface area contributed by atoms with Crippen LogP contribution in [0.5, 0.6) is 0 Å². The van der Waals surface area contributed by atoms with E-state index in [1.165, 1.54) is 0 Å². The maximum absolute atomic E-state index is 12.7. The fourth-order valence-corrected chi connectivity index (χ4v) is 4.94. The SMILES string of the molecule is Cc1ccc(S(=O)(=O)N[C@@H]2CC[C@@H](CCNC(=O)Nc3ccc(Cl)cc3)O[C@H]2CO)cc1. The molecule has 2 aromatic carbocycles. The summed E-state index contributed by atoms with van der Waals surface area (Å²) in [7, 11) is -3.71. The van der Waals surface area contributed by atoms with E-state index in [0.29, 0.717) is 36.5 Å². The molecular weight excluding hydrogens is 454 g/mol. The van der Waals surface area contributed by atoms with Crippen molar-refractivity contribution in [2.45, 2.75) is 49.3 Å². The Hall–Kier alpha value is -2.17. The third-order valence-electron chi connectivity index (χ3n) is 5.29. The molecule has 32 heavy (non-hydrogen) atoms. The van der Waals surface area contributed by atoms with Gasteiger partial charge in [-0.15, -0.1) is 0 Å². The van der Waals surface area contributed by atoms with E-state index in [1.807, 2.05) is 6.92 Å². The average Bonchev–Trinajstić information content (AvgIpc) is 2.76. The van der Waals surface area contributed by atoms with Crippen LogP contribution in [-0.2, 0) is 14.8 Å². The number of hydrogen-bond acceptors (Lipinski definition) is 5. The Balaban J connectivity index is 1.46. The number of carbonyl (C=O) groups is 1. The molecule has 8 nitrogen and oxygen atoms in total. The number of sulfonamides is 1. The fraction of sp³-hybridized carbons (Fsp3) is 0.409. The number of nitrogens with one attached hydrogen (secondary N) is 3. The molecule has 1 heterocycles. The second kappa shape index (κ2) is 11.1. The zero-order chi connectivity index (χ0) is 23.1. The van der Waals surface area contributed by atoms with E-state index in [-0.39, 0.29) is 23.6 Å². The number of hydrogen-bond donors (Lipinski definition) is 4. The van der Waals surface area contributed by atoms with Crippen LogP contribution in [0.4, 0.5) is 10.5 Å². The van der Waals surface area contributed by atoms with E-state index in [9.17, 15) is 18.3 Å². The summed E-state index contributed by atoms with van der Waals surface area (Å²) in [6, 6.07) is 12.5. The topological polar surface area (TPSA) is 117 Å². The molecule has 1 saturated heterocycles. The third kappa shape index (κ3) is 6.91. The molecule has 174 valence electrons. The number of aliphatic hydroxyl groups excluding tert-OH is 1. The van der Waals surface area contributed by atoms with Gasteiger partial charge in [0.25, 0.3) is 0 Å². The number of halogens is 1. The molecule has 2 amide bonds. The number of ether oxygens (including phenoxy) is 1. The van der Waals surface area contributed by atoms with Crippen molar-refractivity contribution in [3.8, 4) is 0 Å². The lowest BCUT2D eigenvalue weighted by Crippen LogP contribution is -2.51. The monoisotopic (exact) mass is 481 g/mol. The number of aryl methyl sites for hydroxylation is 1. The highest BCUT2D eigenvalue weighted by atomic mass is 35.5. The summed E-state index contributed by atoms with van der Waals surface area (Å²) in [6.45, 7) is 1.96. The molecule has 4 N–H and O–H groups in total. The molecule has 2 aromatic rings. The van der Waals surface area contributed by atoms with Crippen molar-refractivity contribution in [1.82, 2.24) is 10.0 Å². The average molecular weight is 482 g/mol. The molecule has 0 radical (unpaired) electrons. The van der Waals surface area contributed by atoms with Gasteiger partial charge in [0, 0.05) is 17.3 Å². The minimum Gasteiger partial charge on any atom is -0.394 e. The summed E-state index contributed by atoms with van der Waals surface area (Å²) in [6.07, 6.45) is 0.831. The maximum atomic E-state index is 12.7. The predicted octanol–water partition coefficient (Wildman–Crippen LogP) is 3.05. The molecule has 0 aliphatic carbocycles. The summed E-state index contributed by atoms with van der Waals surface area (Å²) in [5.41, 5.74) is 1.60. The number of amides is 2. The lowest BCUT2D eigenvalue weighted by atomic mass is 9.98. The molecule has 1 aliphatic rings. The number of urea groups is 1. The molecule has 0 spiro atoms. The Bertz CT molecular complexity index is 999. The zero-order valence-corrected chi connectivity index (χ0v) is 19.3. The molecule has 3 atom stereocenters. The molecular formula is C22H28ClN3O5S. The minimum absolute atomic E-state index is 0.179. The van der Waals surface area contributed by atoms with Crippen molar-refractivity contribution in [2.75, 3.05) is 18.5 Å². The first-order chi connectivity index (χ1) is 15.3. The number of rotatable bonds is 8. The van der Waals surface area contributed by atoms with E-state index >= 15 is 0 Å². The van der Waals surface area contributed by atoms with Gasteiger partial charge < -0.3 is 20.5 Å². The van der Waals surface area contributed by atoms with Crippen molar-refractivity contribution >= 4 is 33.3 Å². The van der Waals surface area contributed by atoms with E-state index in [1.54, 1.807) is 48.5 Å². The number of anilines is 1. The van der Waals surface area contributed by atoms with E-state index in [4.69, 9.17) is 16.3 Å². The summed E-state index contributed by atoms with van der Waals surface area (Å²) in [4.78, 5) is 12.2. The highest BCUT2D eigenvalue weighted by Crippen LogP contribution is 2.23. The van der Waals surface area contributed by atoms with Gasteiger partial charge in [-0.25, -0.2) is 17.9 Å². The smallest absolute Gasteiger partial charge is 0.319 e. The van der Waals surface area contributed by atoms with Gasteiger partial charge in [-0.3, -0.25) is 0 Å². The van der Waals surface area contributed by atoms with Gasteiger partial charge in [0.15, 0.2) is 0 Å². The van der Waals surface area contributed by atoms with Crippen LogP contribution in [0.25, 0.3) is 0 Å². The highest BCUT2D eigenvalue weighted by Gasteiger charge is 2.33. The number of benzene rings is 2. The van der Waals surface area contributed by atoms with Crippen molar-refractivity contribution < 1.29 is 23.1 Å². The lowest BCUT2D eigenvalue weighted by Gasteiger charge is -2.36. The van der Waals surface area contributed by atoms with Crippen LogP contribution in [0.1, 0.15) is 24.8 Å². The zero-order valence-electron chi connectivity index (χ0n) is 17.8. The molecule has 3 rings (SSSR count). The van der Waals surface area contributed by atoms with Crippen molar-refractivity contribution in [2.24, 2.45) is 0 Å². The van der Waals surface area contributed by atoms with Crippen LogP contribution >= 0.6 is 11.6 Å². The van der Waals surface area contributed by atoms with Crippen LogP contribution in [-0.4, -0.2) is 51.0 Å². The molecule has 0 saturated carbocycles. The molecule has 0 unspecified atom stereocenters. The first-order valence-corrected chi connectivity index (χ1v) is 12.3. The largest absolute Gasteiger partial charge is 0.394 e. The first kappa shape index (κ1) is 24.5. The normalized spacial score (nSPS) is 21.2. The molecule has 1 aliphatic heterocycles. The van der Waals surface area contributed by atoms with Gasteiger partial charge in [-0.05, 0) is 62.6 Å². The van der Waals surface area contributed by atoms with Crippen molar-refractivity contribution in [1.29, 1.82) is 0 Å². The second-order valence-electron chi connectivity index (χ2n) is 7.77. The first-order valence-electron chi connectivity index (χ1n) is 10.4. The highest BCUT2D eigenvalue weighted by molar-refractivity contribution is 7.89. The Kier molecular flexibility index (Phi) is 8.50. The minimum atomic E-state index is -3.71. The van der Waals surface area contributed by atoms with E-state index in [0.717, 1.165) is 5.56 Å². The van der Waals surface area contributed by atoms with Crippen molar-refractivity contribution in [3.05, 3.63) is 59.1 Å². The van der Waals surface area contributed by atoms with E-state index in [2.05, 4.69) is 15.4 Å². The van der Waals surface area contributed by atoms with Gasteiger partial charge in [-0.2, -0.15) is 0 Å². The maximum Gasteiger partial charge on any atom is 0.319 e. The Morgan fingerprint density at radius 2 is 1.81 bits per heavy atom. The summed E-state index contributed by atoms with van der Waals surface area (Å²) in [5, 5.41) is 15.8. The van der Waals surface area contributed by atoms with Crippen LogP contribution < -0.4 is 15.4 Å². The van der Waals surface area contributed by atoms with Gasteiger partial charge in [0.05, 0.1) is 29.8 Å². The van der Waals surface area contributed by atoms with E-state index < -0.39 is 22.2 Å². The molecule has 1 fully saturated rings. The number of aliphatic hydroxyl groups is 1. The predicted molar refractivity (Wildman–Crippen MR) is 123 cm³/mol. The van der Waals surface area contributed by atoms with Gasteiger partial charge in [0.2, 0.25) is 10.0 Å². The molecule has 10 heteroatoms. The van der Waals surface area contributed by atoms with Crippen LogP contribution in [0.3, 0.4) is 0 Å². The summed E-state index contributed by atoms with van der Waals surface area (Å²) in [5.74, 6) is 0. The fourth-order valence-electron chi connectivity index (χ4n) is 3.52. The van der Waals surface area contributed by atoms with Crippen molar-refractivity contribution in [3.63, 3.8) is 0 Å². The quantitative estimate of drug-likeness (QED) is 0.462. The third-order valence-corrected chi connectivity index (χ3v) is 7.05. The number of carbonyl (C=O) groups excluding carboxylic acids is 1. The lowest BCUT2D eigenvalue weighted by molar-refractivity contribution is -0.0871. The van der Waals surface area contributed by atoms with Crippen LogP contribution in [0.2, 0.25) is 5.02 Å². The van der Waals surface area contributed by atoms with Crippen LogP contribution in [0.15, 0.2) is 53.4 Å². The van der Waals surface area contributed by atoms with Crippen LogP contribution in [0, 0.1) is 6.92 Å². The van der Waals surface area contributed by atoms with Gasteiger partial charge in [0.1, 0.15) is 0 Å². The standard InChI is InChI=1S/C22H28ClN3O5S/c1-15-2-9-19(10-3-15)32(29,30)26-20-11-8-18(31-21(20)14-27)12-13-24-22(28)25-17-6-4-16(23)5-7-17/h2-7,9-10,18,20-21,26-27H,8,11-14H2,1H3,(H2,24,25,28)/t18-,20+,21-/m0/s1.